The van der Waals surface area contributed by atoms with Crippen molar-refractivity contribution in [3.63, 3.8) is 0 Å². The predicted molar refractivity (Wildman–Crippen MR) is 65.4 cm³/mol. The van der Waals surface area contributed by atoms with Crippen molar-refractivity contribution in [2.45, 2.75) is 26.3 Å². The minimum absolute atomic E-state index is 0.104. The zero-order chi connectivity index (χ0) is 14.3. The summed E-state index contributed by atoms with van der Waals surface area (Å²) in [5.41, 5.74) is 0. The molecule has 0 aromatic rings. The van der Waals surface area contributed by atoms with Crippen LogP contribution in [-0.4, -0.2) is 43.9 Å². The van der Waals surface area contributed by atoms with Crippen LogP contribution in [0.15, 0.2) is 0 Å². The van der Waals surface area contributed by atoms with Crippen molar-refractivity contribution in [3.8, 4) is 0 Å². The molecule has 1 atom stereocenters. The van der Waals surface area contributed by atoms with Crippen LogP contribution in [0.25, 0.3) is 0 Å². The molecule has 0 aromatic carbocycles. The van der Waals surface area contributed by atoms with Gasteiger partial charge >= 0.3 is 12.0 Å². The van der Waals surface area contributed by atoms with Crippen LogP contribution >= 0.6 is 0 Å². The van der Waals surface area contributed by atoms with Crippen LogP contribution in [-0.2, 0) is 14.8 Å². The number of rotatable bonds is 7. The van der Waals surface area contributed by atoms with Gasteiger partial charge in [0.05, 0.1) is 5.75 Å². The summed E-state index contributed by atoms with van der Waals surface area (Å²) in [6.07, 6.45) is 0.172. The third-order valence-corrected chi connectivity index (χ3v) is 2.97. The maximum Gasteiger partial charge on any atom is 0.326 e. The van der Waals surface area contributed by atoms with E-state index in [9.17, 15) is 18.0 Å². The molecule has 0 rings (SSSR count). The molecule has 0 spiro atoms. The second kappa shape index (κ2) is 7.17. The lowest BCUT2D eigenvalue weighted by Gasteiger charge is -2.18. The smallest absolute Gasteiger partial charge is 0.326 e. The van der Waals surface area contributed by atoms with Gasteiger partial charge in [-0.2, -0.15) is 0 Å². The quantitative estimate of drug-likeness (QED) is 0.447. The van der Waals surface area contributed by atoms with Crippen molar-refractivity contribution >= 4 is 22.0 Å². The molecule has 0 heterocycles. The summed E-state index contributed by atoms with van der Waals surface area (Å²) >= 11 is 0. The summed E-state index contributed by atoms with van der Waals surface area (Å²) in [4.78, 5) is 22.1. The SMILES string of the molecule is CC(C)C(NC(=O)NCCCS(N)(=O)=O)C(=O)O. The van der Waals surface area contributed by atoms with Crippen LogP contribution in [0.2, 0.25) is 0 Å². The standard InChI is InChI=1S/C9H19N3O5S/c1-6(2)7(8(13)14)12-9(15)11-4-3-5-18(10,16)17/h6-7H,3-5H2,1-2H3,(H,13,14)(H2,10,16,17)(H2,11,12,15). The highest BCUT2D eigenvalue weighted by atomic mass is 32.2. The van der Waals surface area contributed by atoms with E-state index in [-0.39, 0.29) is 24.6 Å². The Morgan fingerprint density at radius 2 is 1.89 bits per heavy atom. The molecule has 0 saturated heterocycles. The maximum atomic E-state index is 11.3. The van der Waals surface area contributed by atoms with Crippen LogP contribution in [0, 0.1) is 5.92 Å². The van der Waals surface area contributed by atoms with E-state index >= 15 is 0 Å². The van der Waals surface area contributed by atoms with Gasteiger partial charge in [-0.1, -0.05) is 13.8 Å². The Balaban J connectivity index is 4.00. The van der Waals surface area contributed by atoms with Gasteiger partial charge in [0.25, 0.3) is 0 Å². The second-order valence-corrected chi connectivity index (χ2v) is 5.91. The first-order valence-electron chi connectivity index (χ1n) is 5.41. The first-order valence-corrected chi connectivity index (χ1v) is 7.12. The number of hydrogen-bond acceptors (Lipinski definition) is 4. The predicted octanol–water partition coefficient (Wildman–Crippen LogP) is -0.927. The first-order chi connectivity index (χ1) is 8.13. The Labute approximate surface area is 106 Å². The molecule has 8 nitrogen and oxygen atoms in total. The summed E-state index contributed by atoms with van der Waals surface area (Å²) in [5.74, 6) is -1.61. The molecule has 0 aliphatic rings. The average Bonchev–Trinajstić information content (AvgIpc) is 2.18. The average molecular weight is 281 g/mol. The van der Waals surface area contributed by atoms with E-state index in [2.05, 4.69) is 10.6 Å². The summed E-state index contributed by atoms with van der Waals surface area (Å²) in [5, 5.41) is 18.3. The number of primary sulfonamides is 1. The van der Waals surface area contributed by atoms with E-state index in [4.69, 9.17) is 10.2 Å². The number of urea groups is 1. The van der Waals surface area contributed by atoms with Crippen LogP contribution in [0.5, 0.6) is 0 Å². The van der Waals surface area contributed by atoms with Gasteiger partial charge in [0, 0.05) is 6.54 Å². The Hall–Kier alpha value is -1.35. The van der Waals surface area contributed by atoms with Gasteiger partial charge in [-0.05, 0) is 12.3 Å². The van der Waals surface area contributed by atoms with Crippen LogP contribution in [0.4, 0.5) is 4.79 Å². The fraction of sp³-hybridized carbons (Fsp3) is 0.778. The molecule has 9 heteroatoms. The van der Waals surface area contributed by atoms with Gasteiger partial charge < -0.3 is 15.7 Å². The zero-order valence-electron chi connectivity index (χ0n) is 10.3. The minimum atomic E-state index is -3.54. The van der Waals surface area contributed by atoms with Crippen LogP contribution in [0.3, 0.4) is 0 Å². The van der Waals surface area contributed by atoms with Gasteiger partial charge in [0.2, 0.25) is 10.0 Å². The summed E-state index contributed by atoms with van der Waals surface area (Å²) < 4.78 is 21.2. The number of nitrogens with one attached hydrogen (secondary N) is 2. The Bertz CT molecular complexity index is 393. The summed E-state index contributed by atoms with van der Waals surface area (Å²) in [7, 11) is -3.54. The van der Waals surface area contributed by atoms with Gasteiger partial charge in [0.1, 0.15) is 6.04 Å². The number of carbonyl (C=O) groups is 2. The molecule has 0 fully saturated rings. The van der Waals surface area contributed by atoms with Gasteiger partial charge in [0.15, 0.2) is 0 Å². The van der Waals surface area contributed by atoms with E-state index in [0.29, 0.717) is 0 Å². The molecule has 18 heavy (non-hydrogen) atoms. The Morgan fingerprint density at radius 3 is 2.28 bits per heavy atom. The van der Waals surface area contributed by atoms with E-state index < -0.39 is 28.1 Å². The lowest BCUT2D eigenvalue weighted by Crippen LogP contribution is -2.48. The molecule has 0 radical (unpaired) electrons. The van der Waals surface area contributed by atoms with Gasteiger partial charge in [-0.3, -0.25) is 0 Å². The largest absolute Gasteiger partial charge is 0.480 e. The fourth-order valence-corrected chi connectivity index (χ4v) is 1.73. The zero-order valence-corrected chi connectivity index (χ0v) is 11.2. The lowest BCUT2D eigenvalue weighted by molar-refractivity contribution is -0.140. The highest BCUT2D eigenvalue weighted by Gasteiger charge is 2.23. The van der Waals surface area contributed by atoms with Gasteiger partial charge in [-0.25, -0.2) is 23.1 Å². The van der Waals surface area contributed by atoms with Crippen LogP contribution < -0.4 is 15.8 Å². The molecule has 0 bridgehead atoms. The molecule has 1 unspecified atom stereocenters. The van der Waals surface area contributed by atoms with Crippen LogP contribution in [0.1, 0.15) is 20.3 Å². The molecule has 0 aromatic heterocycles. The highest BCUT2D eigenvalue weighted by molar-refractivity contribution is 7.89. The third-order valence-electron chi connectivity index (χ3n) is 2.11. The third kappa shape index (κ3) is 7.85. The number of sulfonamides is 1. The van der Waals surface area contributed by atoms with Crippen molar-refractivity contribution in [2.75, 3.05) is 12.3 Å². The summed E-state index contributed by atoms with van der Waals surface area (Å²) in [6, 6.07) is -1.63. The van der Waals surface area contributed by atoms with Crippen molar-refractivity contribution < 1.29 is 23.1 Å². The topological polar surface area (TPSA) is 139 Å². The fourth-order valence-electron chi connectivity index (χ4n) is 1.18. The van der Waals surface area contributed by atoms with E-state index in [1.807, 2.05) is 0 Å². The number of carboxylic acids is 1. The number of carbonyl (C=O) groups excluding carboxylic acids is 1. The summed E-state index contributed by atoms with van der Waals surface area (Å²) in [6.45, 7) is 3.44. The monoisotopic (exact) mass is 281 g/mol. The van der Waals surface area contributed by atoms with Crippen molar-refractivity contribution in [1.29, 1.82) is 0 Å². The number of nitrogens with two attached hydrogens (primary N) is 1. The Morgan fingerprint density at radius 1 is 1.33 bits per heavy atom. The first kappa shape index (κ1) is 16.6. The number of amides is 2. The molecule has 5 N–H and O–H groups in total. The molecule has 0 aliphatic carbocycles. The lowest BCUT2D eigenvalue weighted by atomic mass is 10.1. The number of carboxylic acid groups (broad SMARTS) is 1. The van der Waals surface area contributed by atoms with E-state index in [1.165, 1.54) is 0 Å². The molecule has 0 aliphatic heterocycles. The highest BCUT2D eigenvalue weighted by Crippen LogP contribution is 2.01. The van der Waals surface area contributed by atoms with Crippen molar-refractivity contribution in [1.82, 2.24) is 10.6 Å². The maximum absolute atomic E-state index is 11.3. The molecule has 106 valence electrons. The van der Waals surface area contributed by atoms with E-state index in [1.54, 1.807) is 13.8 Å². The van der Waals surface area contributed by atoms with Gasteiger partial charge in [-0.15, -0.1) is 0 Å². The molecule has 0 saturated carbocycles. The molecular weight excluding hydrogens is 262 g/mol. The molecule has 2 amide bonds. The minimum Gasteiger partial charge on any atom is -0.480 e. The van der Waals surface area contributed by atoms with E-state index in [0.717, 1.165) is 0 Å². The molecular formula is C9H19N3O5S. The Kier molecular flexibility index (Phi) is 6.63. The number of hydrogen-bond donors (Lipinski definition) is 4. The number of aliphatic carboxylic acids is 1. The normalized spacial score (nSPS) is 13.1. The van der Waals surface area contributed by atoms with Crippen molar-refractivity contribution in [3.05, 3.63) is 0 Å². The van der Waals surface area contributed by atoms with Crippen molar-refractivity contribution in [2.24, 2.45) is 11.1 Å². The second-order valence-electron chi connectivity index (χ2n) is 4.18.